The largest absolute Gasteiger partial charge is 0.507 e. The van der Waals surface area contributed by atoms with Gasteiger partial charge < -0.3 is 29.0 Å². The van der Waals surface area contributed by atoms with E-state index in [-0.39, 0.29) is 16.9 Å². The van der Waals surface area contributed by atoms with E-state index in [0.29, 0.717) is 41.5 Å². The van der Waals surface area contributed by atoms with Gasteiger partial charge in [-0.2, -0.15) is 0 Å². The Kier molecular flexibility index (Phi) is 6.92. The summed E-state index contributed by atoms with van der Waals surface area (Å²) in [6.45, 7) is 2.23. The molecule has 0 bridgehead atoms. The van der Waals surface area contributed by atoms with E-state index >= 15 is 0 Å². The molecule has 1 unspecified atom stereocenters. The van der Waals surface area contributed by atoms with Gasteiger partial charge in [-0.15, -0.1) is 0 Å². The SMILES string of the molecule is CCCN1C(=O)C(=O)/C(=C(/O)c2cc(OC)ccc2OC)C1c1cccc(OC)c1OC. The minimum absolute atomic E-state index is 0.0541. The van der Waals surface area contributed by atoms with Crippen LogP contribution in [-0.2, 0) is 9.59 Å². The molecule has 1 heterocycles. The lowest BCUT2D eigenvalue weighted by Crippen LogP contribution is -2.30. The topological polar surface area (TPSA) is 94.5 Å². The number of nitrogens with zero attached hydrogens (tertiary/aromatic N) is 1. The number of hydrogen-bond donors (Lipinski definition) is 1. The number of carbonyl (C=O) groups is 2. The first kappa shape index (κ1) is 23.0. The fourth-order valence-electron chi connectivity index (χ4n) is 3.95. The molecule has 2 aromatic rings. The Labute approximate surface area is 187 Å². The summed E-state index contributed by atoms with van der Waals surface area (Å²) >= 11 is 0. The summed E-state index contributed by atoms with van der Waals surface area (Å²) in [5.74, 6) is -0.196. The quantitative estimate of drug-likeness (QED) is 0.380. The maximum atomic E-state index is 13.1. The van der Waals surface area contributed by atoms with E-state index in [1.807, 2.05) is 6.92 Å². The summed E-state index contributed by atoms with van der Waals surface area (Å²) in [7, 11) is 5.94. The minimum Gasteiger partial charge on any atom is -0.507 e. The molecule has 8 nitrogen and oxygen atoms in total. The second-order valence-corrected chi connectivity index (χ2v) is 7.14. The summed E-state index contributed by atoms with van der Waals surface area (Å²) in [6.07, 6.45) is 0.623. The molecule has 32 heavy (non-hydrogen) atoms. The third kappa shape index (κ3) is 3.84. The molecule has 1 aliphatic heterocycles. The summed E-state index contributed by atoms with van der Waals surface area (Å²) < 4.78 is 21.6. The number of ketones is 1. The van der Waals surface area contributed by atoms with Gasteiger partial charge in [0.2, 0.25) is 0 Å². The number of carbonyl (C=O) groups excluding carboxylic acids is 2. The van der Waals surface area contributed by atoms with Crippen molar-refractivity contribution >= 4 is 17.4 Å². The average molecular weight is 441 g/mol. The third-order valence-corrected chi connectivity index (χ3v) is 5.39. The van der Waals surface area contributed by atoms with Crippen LogP contribution in [-0.4, -0.2) is 56.7 Å². The fourth-order valence-corrected chi connectivity index (χ4v) is 3.95. The maximum absolute atomic E-state index is 13.1. The first-order chi connectivity index (χ1) is 15.4. The van der Waals surface area contributed by atoms with E-state index in [4.69, 9.17) is 18.9 Å². The molecule has 1 saturated heterocycles. The number of hydrogen-bond acceptors (Lipinski definition) is 7. The molecule has 8 heteroatoms. The molecule has 0 saturated carbocycles. The Balaban J connectivity index is 2.33. The Morgan fingerprint density at radius 1 is 0.969 bits per heavy atom. The molecule has 0 radical (unpaired) electrons. The number of likely N-dealkylation sites (tertiary alicyclic amines) is 1. The highest BCUT2D eigenvalue weighted by Gasteiger charge is 2.47. The van der Waals surface area contributed by atoms with Gasteiger partial charge in [-0.1, -0.05) is 19.1 Å². The molecule has 3 rings (SSSR count). The monoisotopic (exact) mass is 441 g/mol. The highest BCUT2D eigenvalue weighted by atomic mass is 16.5. The van der Waals surface area contributed by atoms with Crippen LogP contribution in [0.25, 0.3) is 5.76 Å². The van der Waals surface area contributed by atoms with Crippen molar-refractivity contribution in [2.75, 3.05) is 35.0 Å². The number of methoxy groups -OCH3 is 4. The van der Waals surface area contributed by atoms with Crippen molar-refractivity contribution in [2.45, 2.75) is 19.4 Å². The summed E-state index contributed by atoms with van der Waals surface area (Å²) in [6, 6.07) is 9.20. The van der Waals surface area contributed by atoms with Gasteiger partial charge in [0, 0.05) is 12.1 Å². The van der Waals surface area contributed by atoms with Crippen molar-refractivity contribution < 1.29 is 33.6 Å². The highest BCUT2D eigenvalue weighted by Crippen LogP contribution is 2.46. The Morgan fingerprint density at radius 3 is 2.28 bits per heavy atom. The Bertz CT molecular complexity index is 1060. The Hall–Kier alpha value is -3.68. The third-order valence-electron chi connectivity index (χ3n) is 5.39. The van der Waals surface area contributed by atoms with Crippen molar-refractivity contribution in [1.29, 1.82) is 0 Å². The molecule has 1 aliphatic rings. The second-order valence-electron chi connectivity index (χ2n) is 7.14. The normalized spacial score (nSPS) is 17.4. The highest BCUT2D eigenvalue weighted by molar-refractivity contribution is 6.46. The van der Waals surface area contributed by atoms with Crippen molar-refractivity contribution in [3.63, 3.8) is 0 Å². The number of ether oxygens (including phenoxy) is 4. The van der Waals surface area contributed by atoms with Crippen LogP contribution in [0.5, 0.6) is 23.0 Å². The van der Waals surface area contributed by atoms with E-state index in [2.05, 4.69) is 0 Å². The number of aliphatic hydroxyl groups excluding tert-OH is 1. The molecular formula is C24H27NO7. The number of benzene rings is 2. The lowest BCUT2D eigenvalue weighted by atomic mass is 9.94. The smallest absolute Gasteiger partial charge is 0.295 e. The molecule has 0 aliphatic carbocycles. The zero-order valence-corrected chi connectivity index (χ0v) is 18.8. The number of para-hydroxylation sites is 1. The lowest BCUT2D eigenvalue weighted by molar-refractivity contribution is -0.139. The van der Waals surface area contributed by atoms with Gasteiger partial charge >= 0.3 is 0 Å². The lowest BCUT2D eigenvalue weighted by Gasteiger charge is -2.27. The number of aliphatic hydroxyl groups is 1. The van der Waals surface area contributed by atoms with Crippen LogP contribution in [0, 0.1) is 0 Å². The van der Waals surface area contributed by atoms with Crippen LogP contribution in [0.3, 0.4) is 0 Å². The molecule has 0 spiro atoms. The number of rotatable bonds is 8. The van der Waals surface area contributed by atoms with Gasteiger partial charge in [0.1, 0.15) is 17.3 Å². The van der Waals surface area contributed by atoms with Gasteiger partial charge in [-0.05, 0) is 30.7 Å². The van der Waals surface area contributed by atoms with Crippen molar-refractivity contribution in [3.05, 3.63) is 53.1 Å². The van der Waals surface area contributed by atoms with Crippen LogP contribution >= 0.6 is 0 Å². The first-order valence-corrected chi connectivity index (χ1v) is 10.1. The van der Waals surface area contributed by atoms with E-state index in [9.17, 15) is 14.7 Å². The predicted molar refractivity (Wildman–Crippen MR) is 118 cm³/mol. The molecule has 0 aromatic heterocycles. The van der Waals surface area contributed by atoms with Crippen molar-refractivity contribution in [2.24, 2.45) is 0 Å². The summed E-state index contributed by atoms with van der Waals surface area (Å²) in [4.78, 5) is 27.5. The van der Waals surface area contributed by atoms with Gasteiger partial charge in [-0.25, -0.2) is 0 Å². The second kappa shape index (κ2) is 9.64. The van der Waals surface area contributed by atoms with E-state index in [1.54, 1.807) is 36.4 Å². The van der Waals surface area contributed by atoms with Crippen LogP contribution in [0.2, 0.25) is 0 Å². The van der Waals surface area contributed by atoms with E-state index in [0.717, 1.165) is 0 Å². The molecule has 2 aromatic carbocycles. The van der Waals surface area contributed by atoms with Gasteiger partial charge in [-0.3, -0.25) is 9.59 Å². The van der Waals surface area contributed by atoms with Gasteiger partial charge in [0.25, 0.3) is 11.7 Å². The first-order valence-electron chi connectivity index (χ1n) is 10.1. The molecule has 1 N–H and O–H groups in total. The van der Waals surface area contributed by atoms with Crippen molar-refractivity contribution in [1.82, 2.24) is 4.90 Å². The zero-order valence-electron chi connectivity index (χ0n) is 18.8. The molecule has 1 amide bonds. The summed E-state index contributed by atoms with van der Waals surface area (Å²) in [5, 5.41) is 11.3. The standard InChI is InChI=1S/C24H27NO7/c1-6-12-25-20(15-8-7-9-18(31-4)23(15)32-5)19(22(27)24(25)28)21(26)16-13-14(29-2)10-11-17(16)30-3/h7-11,13,20,26H,6,12H2,1-5H3/b21-19+. The van der Waals surface area contributed by atoms with Gasteiger partial charge in [0.05, 0.1) is 45.6 Å². The number of amides is 1. The minimum atomic E-state index is -0.865. The van der Waals surface area contributed by atoms with E-state index in [1.165, 1.54) is 33.3 Å². The molecular weight excluding hydrogens is 414 g/mol. The maximum Gasteiger partial charge on any atom is 0.295 e. The van der Waals surface area contributed by atoms with Gasteiger partial charge in [0.15, 0.2) is 11.5 Å². The van der Waals surface area contributed by atoms with E-state index < -0.39 is 17.7 Å². The van der Waals surface area contributed by atoms with Crippen LogP contribution < -0.4 is 18.9 Å². The van der Waals surface area contributed by atoms with Crippen molar-refractivity contribution in [3.8, 4) is 23.0 Å². The Morgan fingerprint density at radius 2 is 1.69 bits per heavy atom. The molecule has 1 fully saturated rings. The van der Waals surface area contributed by atoms with Crippen LogP contribution in [0.15, 0.2) is 42.0 Å². The zero-order chi connectivity index (χ0) is 23.4. The summed E-state index contributed by atoms with van der Waals surface area (Å²) in [5.41, 5.74) is 0.720. The fraction of sp³-hybridized carbons (Fsp3) is 0.333. The van der Waals surface area contributed by atoms with Crippen LogP contribution in [0.4, 0.5) is 0 Å². The molecule has 170 valence electrons. The number of Topliss-reactive ketones (excluding diaryl/α,β-unsaturated/α-hetero) is 1. The van der Waals surface area contributed by atoms with Crippen LogP contribution in [0.1, 0.15) is 30.5 Å². The molecule has 1 atom stereocenters. The average Bonchev–Trinajstić information content (AvgIpc) is 3.07. The predicted octanol–water partition coefficient (Wildman–Crippen LogP) is 3.55.